The Balaban J connectivity index is 0.00000529. The van der Waals surface area contributed by atoms with E-state index in [0.717, 1.165) is 50.1 Å². The number of nitrogens with zero attached hydrogens (tertiary/aromatic N) is 2. The molecule has 0 aromatic carbocycles. The third kappa shape index (κ3) is 10.4. The first-order chi connectivity index (χ1) is 11.0. The van der Waals surface area contributed by atoms with Crippen LogP contribution in [-0.2, 0) is 11.3 Å². The monoisotopic (exact) mass is 470 g/mol. The Morgan fingerprint density at radius 2 is 2.17 bits per heavy atom. The number of aliphatic imine (C=N–C) groups is 1. The van der Waals surface area contributed by atoms with Gasteiger partial charge in [0, 0.05) is 37.1 Å². The molecule has 0 aliphatic rings. The van der Waals surface area contributed by atoms with Crippen molar-refractivity contribution in [3.8, 4) is 0 Å². The van der Waals surface area contributed by atoms with Crippen LogP contribution in [0, 0.1) is 6.92 Å². The van der Waals surface area contributed by atoms with Crippen molar-refractivity contribution in [1.82, 2.24) is 15.8 Å². The van der Waals surface area contributed by atoms with E-state index in [9.17, 15) is 0 Å². The number of guanidine groups is 1. The number of rotatable bonds is 10. The third-order valence-electron chi connectivity index (χ3n) is 3.27. The van der Waals surface area contributed by atoms with Crippen molar-refractivity contribution in [1.29, 1.82) is 0 Å². The molecule has 140 valence electrons. The molecule has 0 radical (unpaired) electrons. The van der Waals surface area contributed by atoms with Crippen molar-refractivity contribution in [3.63, 3.8) is 0 Å². The SMILES string of the molecule is CCOCCCNC(=NCc1cc(C)on1)NCC(C)(C)SC.I. The van der Waals surface area contributed by atoms with E-state index in [0.29, 0.717) is 6.54 Å². The van der Waals surface area contributed by atoms with E-state index in [4.69, 9.17) is 9.26 Å². The van der Waals surface area contributed by atoms with Crippen LogP contribution in [-0.4, -0.2) is 48.4 Å². The normalized spacial score (nSPS) is 12.0. The summed E-state index contributed by atoms with van der Waals surface area (Å²) in [5, 5.41) is 10.7. The first kappa shape index (κ1) is 23.5. The van der Waals surface area contributed by atoms with Crippen molar-refractivity contribution in [3.05, 3.63) is 17.5 Å². The van der Waals surface area contributed by atoms with Crippen molar-refractivity contribution in [2.24, 2.45) is 4.99 Å². The topological polar surface area (TPSA) is 71.7 Å². The molecule has 0 aliphatic heterocycles. The standard InChI is InChI=1S/C16H30N4O2S.HI/c1-6-21-9-7-8-17-15(19-12-16(3,4)23-5)18-11-14-10-13(2)22-20-14;/h10H,6-9,11-12H2,1-5H3,(H2,17,18,19);1H. The van der Waals surface area contributed by atoms with Crippen LogP contribution in [0.1, 0.15) is 38.6 Å². The van der Waals surface area contributed by atoms with Gasteiger partial charge in [-0.05, 0) is 40.4 Å². The molecule has 0 spiro atoms. The number of aromatic nitrogens is 1. The number of hydrogen-bond acceptors (Lipinski definition) is 5. The van der Waals surface area contributed by atoms with E-state index in [1.807, 2.05) is 31.7 Å². The van der Waals surface area contributed by atoms with Crippen LogP contribution in [0.5, 0.6) is 0 Å². The summed E-state index contributed by atoms with van der Waals surface area (Å²) in [5.74, 6) is 1.60. The minimum Gasteiger partial charge on any atom is -0.382 e. The van der Waals surface area contributed by atoms with Gasteiger partial charge in [0.15, 0.2) is 5.96 Å². The highest BCUT2D eigenvalue weighted by atomic mass is 127. The van der Waals surface area contributed by atoms with Gasteiger partial charge in [-0.3, -0.25) is 0 Å². The summed E-state index contributed by atoms with van der Waals surface area (Å²) in [6.07, 6.45) is 3.07. The van der Waals surface area contributed by atoms with Gasteiger partial charge in [-0.15, -0.1) is 24.0 Å². The average molecular weight is 470 g/mol. The van der Waals surface area contributed by atoms with Gasteiger partial charge in [0.25, 0.3) is 0 Å². The van der Waals surface area contributed by atoms with Crippen molar-refractivity contribution < 1.29 is 9.26 Å². The summed E-state index contributed by atoms with van der Waals surface area (Å²) in [7, 11) is 0. The van der Waals surface area contributed by atoms with Crippen molar-refractivity contribution in [2.75, 3.05) is 32.6 Å². The lowest BCUT2D eigenvalue weighted by atomic mass is 10.2. The second-order valence-electron chi connectivity index (χ2n) is 5.89. The molecule has 0 fully saturated rings. The highest BCUT2D eigenvalue weighted by Gasteiger charge is 2.16. The number of thioether (sulfide) groups is 1. The first-order valence-electron chi connectivity index (χ1n) is 8.04. The highest BCUT2D eigenvalue weighted by Crippen LogP contribution is 2.19. The van der Waals surface area contributed by atoms with Crippen LogP contribution in [0.2, 0.25) is 0 Å². The van der Waals surface area contributed by atoms with Crippen molar-refractivity contribution in [2.45, 2.75) is 45.4 Å². The molecule has 6 nitrogen and oxygen atoms in total. The van der Waals surface area contributed by atoms with E-state index in [-0.39, 0.29) is 28.7 Å². The van der Waals surface area contributed by atoms with E-state index in [1.165, 1.54) is 0 Å². The zero-order valence-corrected chi connectivity index (χ0v) is 18.5. The lowest BCUT2D eigenvalue weighted by molar-refractivity contribution is 0.145. The van der Waals surface area contributed by atoms with Crippen LogP contribution in [0.4, 0.5) is 0 Å². The Hall–Kier alpha value is -0.480. The van der Waals surface area contributed by atoms with E-state index in [1.54, 1.807) is 0 Å². The molecule has 0 unspecified atom stereocenters. The molecule has 0 bridgehead atoms. The number of ether oxygens (including phenoxy) is 1. The smallest absolute Gasteiger partial charge is 0.191 e. The molecule has 0 amide bonds. The molecule has 1 aromatic rings. The fraction of sp³-hybridized carbons (Fsp3) is 0.750. The average Bonchev–Trinajstić information content (AvgIpc) is 2.94. The van der Waals surface area contributed by atoms with Crippen LogP contribution in [0.15, 0.2) is 15.6 Å². The molecule has 8 heteroatoms. The molecular weight excluding hydrogens is 439 g/mol. The van der Waals surface area contributed by atoms with Gasteiger partial charge in [0.2, 0.25) is 0 Å². The van der Waals surface area contributed by atoms with E-state index < -0.39 is 0 Å². The van der Waals surface area contributed by atoms with Gasteiger partial charge in [0.1, 0.15) is 11.5 Å². The predicted molar refractivity (Wildman–Crippen MR) is 113 cm³/mol. The predicted octanol–water partition coefficient (Wildman–Crippen LogP) is 3.20. The summed E-state index contributed by atoms with van der Waals surface area (Å²) >= 11 is 1.83. The van der Waals surface area contributed by atoms with Gasteiger partial charge < -0.3 is 19.9 Å². The van der Waals surface area contributed by atoms with Gasteiger partial charge in [-0.1, -0.05) is 5.16 Å². The number of halogens is 1. The van der Waals surface area contributed by atoms with E-state index in [2.05, 4.69) is 40.9 Å². The molecule has 1 heterocycles. The summed E-state index contributed by atoms with van der Waals surface area (Å²) < 4.78 is 10.6. The summed E-state index contributed by atoms with van der Waals surface area (Å²) in [4.78, 5) is 4.58. The minimum absolute atomic E-state index is 0. The molecule has 0 aliphatic carbocycles. The fourth-order valence-electron chi connectivity index (χ4n) is 1.72. The van der Waals surface area contributed by atoms with Crippen LogP contribution >= 0.6 is 35.7 Å². The van der Waals surface area contributed by atoms with Gasteiger partial charge in [0.05, 0.1) is 6.54 Å². The lowest BCUT2D eigenvalue weighted by Crippen LogP contribution is -2.43. The Kier molecular flexibility index (Phi) is 12.6. The second-order valence-corrected chi connectivity index (χ2v) is 7.40. The van der Waals surface area contributed by atoms with Gasteiger partial charge in [-0.25, -0.2) is 4.99 Å². The minimum atomic E-state index is 0. The molecule has 1 rings (SSSR count). The molecule has 0 saturated heterocycles. The van der Waals surface area contributed by atoms with Crippen LogP contribution in [0.3, 0.4) is 0 Å². The molecule has 24 heavy (non-hydrogen) atoms. The number of nitrogens with one attached hydrogen (secondary N) is 2. The molecule has 0 atom stereocenters. The Morgan fingerprint density at radius 3 is 2.75 bits per heavy atom. The molecule has 2 N–H and O–H groups in total. The number of aryl methyl sites for hydroxylation is 1. The maximum atomic E-state index is 5.35. The van der Waals surface area contributed by atoms with Crippen LogP contribution < -0.4 is 10.6 Å². The third-order valence-corrected chi connectivity index (χ3v) is 4.52. The Morgan fingerprint density at radius 1 is 1.42 bits per heavy atom. The Labute approximate surface area is 167 Å². The number of hydrogen-bond donors (Lipinski definition) is 2. The molecular formula is C16H31IN4O2S. The summed E-state index contributed by atoms with van der Waals surface area (Å²) in [5.41, 5.74) is 0.835. The van der Waals surface area contributed by atoms with Crippen LogP contribution in [0.25, 0.3) is 0 Å². The maximum Gasteiger partial charge on any atom is 0.191 e. The largest absolute Gasteiger partial charge is 0.382 e. The van der Waals surface area contributed by atoms with Gasteiger partial charge in [-0.2, -0.15) is 11.8 Å². The molecule has 0 saturated carbocycles. The molecule has 1 aromatic heterocycles. The van der Waals surface area contributed by atoms with E-state index >= 15 is 0 Å². The lowest BCUT2D eigenvalue weighted by Gasteiger charge is -2.24. The maximum absolute atomic E-state index is 5.35. The van der Waals surface area contributed by atoms with Crippen molar-refractivity contribution >= 4 is 41.7 Å². The zero-order valence-electron chi connectivity index (χ0n) is 15.3. The second kappa shape index (κ2) is 12.8. The summed E-state index contributed by atoms with van der Waals surface area (Å²) in [6.45, 7) is 12.0. The Bertz CT molecular complexity index is 480. The summed E-state index contributed by atoms with van der Waals surface area (Å²) in [6, 6.07) is 1.90. The fourth-order valence-corrected chi connectivity index (χ4v) is 1.94. The zero-order chi connectivity index (χ0) is 17.1. The first-order valence-corrected chi connectivity index (χ1v) is 9.26. The quantitative estimate of drug-likeness (QED) is 0.237. The highest BCUT2D eigenvalue weighted by molar-refractivity contribution is 14.0. The van der Waals surface area contributed by atoms with Gasteiger partial charge >= 0.3 is 0 Å².